The summed E-state index contributed by atoms with van der Waals surface area (Å²) in [5.74, 6) is -5.35. The van der Waals surface area contributed by atoms with Crippen molar-refractivity contribution in [3.05, 3.63) is 30.3 Å². The maximum atomic E-state index is 11.4. The van der Waals surface area contributed by atoms with Crippen LogP contribution in [0.4, 0.5) is 0 Å². The van der Waals surface area contributed by atoms with Crippen molar-refractivity contribution in [1.29, 1.82) is 0 Å². The predicted molar refractivity (Wildman–Crippen MR) is 161 cm³/mol. The number of rotatable bonds is 9. The first-order valence-electron chi connectivity index (χ1n) is 14.9. The Morgan fingerprint density at radius 3 is 1.62 bits per heavy atom. The van der Waals surface area contributed by atoms with E-state index in [1.165, 1.54) is 6.07 Å². The predicted octanol–water partition coefficient (Wildman–Crippen LogP) is -1.30. The Bertz CT molecular complexity index is 1710. The van der Waals surface area contributed by atoms with E-state index in [9.17, 15) is 60.7 Å². The largest absolute Gasteiger partial charge is 0.507 e. The molecule has 50 heavy (non-hydrogen) atoms. The Morgan fingerprint density at radius 1 is 0.660 bits per heavy atom. The van der Waals surface area contributed by atoms with Gasteiger partial charge in [0.2, 0.25) is 18.3 Å². The number of carbonyl (C=O) groups is 2. The van der Waals surface area contributed by atoms with Crippen molar-refractivity contribution in [1.82, 2.24) is 0 Å². The molecular weight excluding hydrogens is 676 g/mol. The smallest absolute Gasteiger partial charge is 0.402 e. The van der Waals surface area contributed by atoms with E-state index in [2.05, 4.69) is 0 Å². The molecule has 19 nitrogen and oxygen atoms in total. The minimum Gasteiger partial charge on any atom is -0.507 e. The summed E-state index contributed by atoms with van der Waals surface area (Å²) in [5, 5.41) is 104. The highest BCUT2D eigenvalue weighted by Gasteiger charge is 2.48. The molecule has 3 heterocycles. The third-order valence-corrected chi connectivity index (χ3v) is 7.86. The SMILES string of the molecule is CC(=O)OCC1OC(Oc2cc3c(OC4OC(COC(C)=O)C(O)C(O)C4O)cc(O)cc3[o+]c2-c2cc(O)c(O)c(O)c2)C(O)C(O)C1O. The van der Waals surface area contributed by atoms with Gasteiger partial charge in [-0.1, -0.05) is 0 Å². The van der Waals surface area contributed by atoms with Crippen molar-refractivity contribution in [2.45, 2.75) is 75.3 Å². The molecule has 2 saturated heterocycles. The molecule has 0 radical (unpaired) electrons. The lowest BCUT2D eigenvalue weighted by Crippen LogP contribution is -2.60. The zero-order valence-electron chi connectivity index (χ0n) is 26.2. The number of phenolic OH excluding ortho intramolecular Hbond substituents is 4. The quantitative estimate of drug-likeness (QED) is 0.0701. The number of benzene rings is 2. The summed E-state index contributed by atoms with van der Waals surface area (Å²) in [6, 6.07) is 5.28. The Hall–Kier alpha value is -4.73. The first-order valence-corrected chi connectivity index (χ1v) is 14.9. The van der Waals surface area contributed by atoms with Crippen LogP contribution >= 0.6 is 0 Å². The fourth-order valence-electron chi connectivity index (χ4n) is 5.24. The Morgan fingerprint density at radius 2 is 1.14 bits per heavy atom. The number of carbonyl (C=O) groups excluding carboxylic acids is 2. The van der Waals surface area contributed by atoms with Crippen molar-refractivity contribution >= 4 is 22.9 Å². The lowest BCUT2D eigenvalue weighted by atomic mass is 9.99. The van der Waals surface area contributed by atoms with Crippen molar-refractivity contribution in [2.75, 3.05) is 13.2 Å². The van der Waals surface area contributed by atoms with Crippen LogP contribution in [0.25, 0.3) is 22.3 Å². The van der Waals surface area contributed by atoms with Crippen molar-refractivity contribution in [3.8, 4) is 45.8 Å². The van der Waals surface area contributed by atoms with Crippen LogP contribution < -0.4 is 9.47 Å². The third kappa shape index (κ3) is 7.54. The summed E-state index contributed by atoms with van der Waals surface area (Å²) in [6.07, 6.45) is -17.2. The van der Waals surface area contributed by atoms with Crippen LogP contribution in [0.3, 0.4) is 0 Å². The summed E-state index contributed by atoms with van der Waals surface area (Å²) in [5.41, 5.74) is -0.315. The lowest BCUT2D eigenvalue weighted by molar-refractivity contribution is -0.278. The normalized spacial score (nSPS) is 29.7. The number of hydrogen-bond acceptors (Lipinski definition) is 18. The van der Waals surface area contributed by atoms with Gasteiger partial charge in [0.15, 0.2) is 17.2 Å². The molecule has 0 aliphatic carbocycles. The van der Waals surface area contributed by atoms with Gasteiger partial charge < -0.3 is 79.5 Å². The van der Waals surface area contributed by atoms with Crippen LogP contribution in [-0.4, -0.2) is 138 Å². The van der Waals surface area contributed by atoms with Gasteiger partial charge in [-0.15, -0.1) is 0 Å². The fourth-order valence-corrected chi connectivity index (χ4v) is 5.24. The average molecular weight is 712 g/mol. The van der Waals surface area contributed by atoms with E-state index >= 15 is 0 Å². The van der Waals surface area contributed by atoms with E-state index < -0.39 is 110 Å². The molecule has 272 valence electrons. The first-order chi connectivity index (χ1) is 23.5. The van der Waals surface area contributed by atoms with Crippen molar-refractivity contribution in [2.24, 2.45) is 0 Å². The number of fused-ring (bicyclic) bond motifs is 1. The monoisotopic (exact) mass is 711 g/mol. The van der Waals surface area contributed by atoms with Gasteiger partial charge in [-0.25, -0.2) is 4.42 Å². The molecule has 0 amide bonds. The van der Waals surface area contributed by atoms with Crippen LogP contribution in [0.15, 0.2) is 34.7 Å². The van der Waals surface area contributed by atoms with Crippen LogP contribution in [0.1, 0.15) is 13.8 Å². The Labute approximate surface area is 281 Å². The number of aliphatic hydroxyl groups is 6. The first kappa shape index (κ1) is 36.5. The van der Waals surface area contributed by atoms with Crippen molar-refractivity contribution in [3.63, 3.8) is 0 Å². The number of aliphatic hydroxyl groups excluding tert-OH is 6. The lowest BCUT2D eigenvalue weighted by Gasteiger charge is -2.40. The van der Waals surface area contributed by atoms with E-state index in [4.69, 9.17) is 32.8 Å². The van der Waals surface area contributed by atoms with E-state index in [1.807, 2.05) is 0 Å². The Balaban J connectivity index is 1.59. The third-order valence-electron chi connectivity index (χ3n) is 7.86. The zero-order valence-corrected chi connectivity index (χ0v) is 26.2. The number of aromatic hydroxyl groups is 4. The molecule has 10 N–H and O–H groups in total. The molecule has 1 aromatic heterocycles. The molecule has 5 rings (SSSR count). The Kier molecular flexibility index (Phi) is 10.7. The summed E-state index contributed by atoms with van der Waals surface area (Å²) >= 11 is 0. The molecule has 10 unspecified atom stereocenters. The maximum Gasteiger partial charge on any atom is 0.402 e. The summed E-state index contributed by atoms with van der Waals surface area (Å²) in [7, 11) is 0. The molecule has 19 heteroatoms. The number of phenols is 4. The van der Waals surface area contributed by atoms with Crippen LogP contribution in [0.2, 0.25) is 0 Å². The van der Waals surface area contributed by atoms with Gasteiger partial charge in [-0.3, -0.25) is 9.59 Å². The second kappa shape index (κ2) is 14.6. The second-order valence-corrected chi connectivity index (χ2v) is 11.5. The van der Waals surface area contributed by atoms with Crippen LogP contribution in [-0.2, 0) is 28.5 Å². The molecule has 0 saturated carbocycles. The average Bonchev–Trinajstić information content (AvgIpc) is 3.06. The standard InChI is InChI=1S/C31H34O19/c1-10(32)44-8-20-23(38)25(40)27(42)30(49-20)47-18-6-13(34)5-17-14(18)7-19(29(46-17)12-3-15(35)22(37)16(36)4-12)48-31-28(43)26(41)24(39)21(50-31)9-45-11(2)33/h3-7,20-21,23-28,30-31,38-43H,8-9H2,1-2H3,(H3-,34,35,36,37)/p+1. The van der Waals surface area contributed by atoms with E-state index in [-0.39, 0.29) is 33.8 Å². The summed E-state index contributed by atoms with van der Waals surface area (Å²) in [4.78, 5) is 22.7. The van der Waals surface area contributed by atoms with E-state index in [0.29, 0.717) is 0 Å². The maximum absolute atomic E-state index is 11.4. The van der Waals surface area contributed by atoms with Gasteiger partial charge in [-0.05, 0) is 0 Å². The van der Waals surface area contributed by atoms with Gasteiger partial charge >= 0.3 is 23.3 Å². The molecule has 0 bridgehead atoms. The highest BCUT2D eigenvalue weighted by atomic mass is 16.7. The van der Waals surface area contributed by atoms with Gasteiger partial charge in [-0.2, -0.15) is 0 Å². The molecule has 2 aromatic carbocycles. The van der Waals surface area contributed by atoms with Crippen molar-refractivity contribution < 1.29 is 93.5 Å². The van der Waals surface area contributed by atoms with E-state index in [1.54, 1.807) is 0 Å². The highest BCUT2D eigenvalue weighted by Crippen LogP contribution is 2.45. The summed E-state index contributed by atoms with van der Waals surface area (Å²) < 4.78 is 38.6. The minimum atomic E-state index is -1.92. The molecular formula is C31H35O19+. The van der Waals surface area contributed by atoms with Crippen LogP contribution in [0.5, 0.6) is 34.5 Å². The molecule has 2 fully saturated rings. The van der Waals surface area contributed by atoms with E-state index in [0.717, 1.165) is 38.1 Å². The molecule has 0 spiro atoms. The highest BCUT2D eigenvalue weighted by molar-refractivity contribution is 5.89. The molecule has 2 aliphatic rings. The molecule has 2 aliphatic heterocycles. The minimum absolute atomic E-state index is 0.0518. The number of hydrogen-bond donors (Lipinski definition) is 10. The van der Waals surface area contributed by atoms with Gasteiger partial charge in [0.05, 0.1) is 11.6 Å². The summed E-state index contributed by atoms with van der Waals surface area (Å²) in [6.45, 7) is 1.13. The fraction of sp³-hybridized carbons (Fsp3) is 0.452. The number of esters is 2. The molecule has 10 atom stereocenters. The van der Waals surface area contributed by atoms with Gasteiger partial charge in [0, 0.05) is 38.1 Å². The topological polar surface area (TPSA) is 303 Å². The van der Waals surface area contributed by atoms with Gasteiger partial charge in [0.1, 0.15) is 78.9 Å². The molecule has 3 aromatic rings. The van der Waals surface area contributed by atoms with Gasteiger partial charge in [0.25, 0.3) is 0 Å². The number of ether oxygens (including phenoxy) is 6. The second-order valence-electron chi connectivity index (χ2n) is 11.5. The zero-order chi connectivity index (χ0) is 36.6. The van der Waals surface area contributed by atoms with Crippen LogP contribution in [0, 0.1) is 0 Å².